The maximum absolute atomic E-state index is 13.1. The molecule has 2 aromatic carbocycles. The molecule has 0 saturated carbocycles. The van der Waals surface area contributed by atoms with Crippen LogP contribution in [0.3, 0.4) is 0 Å². The highest BCUT2D eigenvalue weighted by atomic mass is 35.5. The third-order valence-electron chi connectivity index (χ3n) is 4.52. The lowest BCUT2D eigenvalue weighted by molar-refractivity contribution is 0.253. The molecule has 1 N–H and O–H groups in total. The van der Waals surface area contributed by atoms with E-state index in [0.29, 0.717) is 10.7 Å². The summed E-state index contributed by atoms with van der Waals surface area (Å²) in [7, 11) is 0. The van der Waals surface area contributed by atoms with Crippen LogP contribution in [-0.4, -0.2) is 11.6 Å². The number of rotatable bonds is 1. The minimum absolute atomic E-state index is 0.163. The average molecular weight is 355 g/mol. The summed E-state index contributed by atoms with van der Waals surface area (Å²) in [6.45, 7) is 10.3. The lowest BCUT2D eigenvalue weighted by Gasteiger charge is -2.42. The second-order valence-corrected chi connectivity index (χ2v) is 7.67. The molecule has 0 aromatic heterocycles. The summed E-state index contributed by atoms with van der Waals surface area (Å²) in [6.07, 6.45) is 2.14. The first-order valence-corrected chi connectivity index (χ1v) is 8.75. The molecule has 130 valence electrons. The van der Waals surface area contributed by atoms with Crippen molar-refractivity contribution in [3.63, 3.8) is 0 Å². The SMILES string of the molecule is CC1=CC(C)(C)N(C(=O)Nc2cccc(Cl)c2)c2c(C)cc(C)cc21. The summed E-state index contributed by atoms with van der Waals surface area (Å²) in [5, 5.41) is 3.57. The van der Waals surface area contributed by atoms with Gasteiger partial charge in [0.1, 0.15) is 0 Å². The topological polar surface area (TPSA) is 32.3 Å². The third-order valence-corrected chi connectivity index (χ3v) is 4.75. The van der Waals surface area contributed by atoms with E-state index in [1.165, 1.54) is 11.1 Å². The fourth-order valence-electron chi connectivity index (χ4n) is 3.63. The molecule has 3 rings (SSSR count). The fourth-order valence-corrected chi connectivity index (χ4v) is 3.82. The normalized spacial score (nSPS) is 15.4. The highest BCUT2D eigenvalue weighted by molar-refractivity contribution is 6.31. The highest BCUT2D eigenvalue weighted by Crippen LogP contribution is 2.41. The number of carbonyl (C=O) groups excluding carboxylic acids is 1. The summed E-state index contributed by atoms with van der Waals surface area (Å²) in [4.78, 5) is 15.0. The van der Waals surface area contributed by atoms with E-state index in [2.05, 4.69) is 58.1 Å². The molecule has 0 aliphatic carbocycles. The van der Waals surface area contributed by atoms with Crippen LogP contribution < -0.4 is 10.2 Å². The number of nitrogens with one attached hydrogen (secondary N) is 1. The Morgan fingerprint density at radius 1 is 1.12 bits per heavy atom. The number of halogens is 1. The smallest absolute Gasteiger partial charge is 0.307 e. The first-order valence-electron chi connectivity index (χ1n) is 8.37. The van der Waals surface area contributed by atoms with Gasteiger partial charge in [-0.3, -0.25) is 4.90 Å². The maximum Gasteiger partial charge on any atom is 0.327 e. The van der Waals surface area contributed by atoms with Crippen molar-refractivity contribution in [3.8, 4) is 0 Å². The van der Waals surface area contributed by atoms with E-state index in [1.54, 1.807) is 12.1 Å². The van der Waals surface area contributed by atoms with Crippen LogP contribution >= 0.6 is 11.6 Å². The highest BCUT2D eigenvalue weighted by Gasteiger charge is 2.37. The summed E-state index contributed by atoms with van der Waals surface area (Å²) >= 11 is 6.04. The van der Waals surface area contributed by atoms with Gasteiger partial charge >= 0.3 is 6.03 Å². The molecule has 0 atom stereocenters. The molecule has 1 heterocycles. The van der Waals surface area contributed by atoms with Crippen LogP contribution in [0.4, 0.5) is 16.2 Å². The molecule has 0 radical (unpaired) electrons. The molecule has 0 saturated heterocycles. The maximum atomic E-state index is 13.1. The molecule has 25 heavy (non-hydrogen) atoms. The van der Waals surface area contributed by atoms with Crippen molar-refractivity contribution in [2.45, 2.75) is 40.2 Å². The molecule has 0 unspecified atom stereocenters. The Morgan fingerprint density at radius 3 is 2.52 bits per heavy atom. The van der Waals surface area contributed by atoms with Crippen LogP contribution in [0.15, 0.2) is 42.5 Å². The summed E-state index contributed by atoms with van der Waals surface area (Å²) in [6, 6.07) is 11.3. The van der Waals surface area contributed by atoms with E-state index < -0.39 is 5.54 Å². The molecule has 2 aromatic rings. The lowest BCUT2D eigenvalue weighted by atomic mass is 9.86. The molecule has 0 fully saturated rings. The molecule has 0 spiro atoms. The Kier molecular flexibility index (Phi) is 4.38. The van der Waals surface area contributed by atoms with Crippen LogP contribution in [-0.2, 0) is 0 Å². The standard InChI is InChI=1S/C21H23ClN2O/c1-13-9-14(2)19-18(10-13)15(3)12-21(4,5)24(19)20(25)23-17-8-6-7-16(22)11-17/h6-12H,1-5H3,(H,23,25). The van der Waals surface area contributed by atoms with Gasteiger partial charge in [-0.25, -0.2) is 4.79 Å². The fraction of sp³-hybridized carbons (Fsp3) is 0.286. The number of nitrogens with zero attached hydrogens (tertiary/aromatic N) is 1. The van der Waals surface area contributed by atoms with Gasteiger partial charge in [-0.2, -0.15) is 0 Å². The van der Waals surface area contributed by atoms with Crippen molar-refractivity contribution < 1.29 is 4.79 Å². The van der Waals surface area contributed by atoms with Gasteiger partial charge in [0.15, 0.2) is 0 Å². The van der Waals surface area contributed by atoms with E-state index in [9.17, 15) is 4.79 Å². The van der Waals surface area contributed by atoms with Crippen LogP contribution in [0.2, 0.25) is 5.02 Å². The number of fused-ring (bicyclic) bond motifs is 1. The van der Waals surface area contributed by atoms with E-state index in [1.807, 2.05) is 17.0 Å². The van der Waals surface area contributed by atoms with Crippen molar-refractivity contribution >= 4 is 34.6 Å². The minimum atomic E-state index is -0.431. The quantitative estimate of drug-likeness (QED) is 0.650. The molecular formula is C21H23ClN2O. The van der Waals surface area contributed by atoms with Gasteiger partial charge in [0.2, 0.25) is 0 Å². The van der Waals surface area contributed by atoms with Crippen molar-refractivity contribution in [3.05, 3.63) is 64.2 Å². The van der Waals surface area contributed by atoms with E-state index in [-0.39, 0.29) is 6.03 Å². The van der Waals surface area contributed by atoms with Crippen LogP contribution in [0.5, 0.6) is 0 Å². The first-order chi connectivity index (χ1) is 11.7. The van der Waals surface area contributed by atoms with Crippen molar-refractivity contribution in [1.29, 1.82) is 0 Å². The number of urea groups is 1. The predicted molar refractivity (Wildman–Crippen MR) is 107 cm³/mol. The predicted octanol–water partition coefficient (Wildman–Crippen LogP) is 6.19. The van der Waals surface area contributed by atoms with Crippen LogP contribution in [0.25, 0.3) is 5.57 Å². The summed E-state index contributed by atoms with van der Waals surface area (Å²) < 4.78 is 0. The number of hydrogen-bond donors (Lipinski definition) is 1. The third kappa shape index (κ3) is 3.29. The molecule has 1 aliphatic heterocycles. The zero-order chi connectivity index (χ0) is 18.4. The molecular weight excluding hydrogens is 332 g/mol. The molecule has 2 amide bonds. The zero-order valence-electron chi connectivity index (χ0n) is 15.3. The number of allylic oxidation sites excluding steroid dienone is 1. The van der Waals surface area contributed by atoms with Crippen LogP contribution in [0, 0.1) is 13.8 Å². The molecule has 4 heteroatoms. The Labute approximate surface area is 154 Å². The number of carbonyl (C=O) groups is 1. The largest absolute Gasteiger partial charge is 0.327 e. The number of anilines is 2. The Hall–Kier alpha value is -2.26. The monoisotopic (exact) mass is 354 g/mol. The zero-order valence-corrected chi connectivity index (χ0v) is 16.0. The Morgan fingerprint density at radius 2 is 1.84 bits per heavy atom. The number of hydrogen-bond acceptors (Lipinski definition) is 1. The van der Waals surface area contributed by atoms with Crippen molar-refractivity contribution in [2.24, 2.45) is 0 Å². The Bertz CT molecular complexity index is 883. The van der Waals surface area contributed by atoms with Gasteiger partial charge in [0.05, 0.1) is 11.2 Å². The summed E-state index contributed by atoms with van der Waals surface area (Å²) in [5.74, 6) is 0. The van der Waals surface area contributed by atoms with Gasteiger partial charge in [-0.15, -0.1) is 0 Å². The second-order valence-electron chi connectivity index (χ2n) is 7.23. The van der Waals surface area contributed by atoms with Crippen LogP contribution in [0.1, 0.15) is 37.5 Å². The van der Waals surface area contributed by atoms with E-state index >= 15 is 0 Å². The number of benzene rings is 2. The summed E-state index contributed by atoms with van der Waals surface area (Å²) in [5.41, 5.74) is 5.81. The van der Waals surface area contributed by atoms with Gasteiger partial charge in [-0.1, -0.05) is 35.4 Å². The van der Waals surface area contributed by atoms with Gasteiger partial charge in [0, 0.05) is 16.3 Å². The number of amides is 2. The van der Waals surface area contributed by atoms with Gasteiger partial charge in [-0.05, 0) is 70.0 Å². The lowest BCUT2D eigenvalue weighted by Crippen LogP contribution is -2.51. The van der Waals surface area contributed by atoms with Crippen molar-refractivity contribution in [2.75, 3.05) is 10.2 Å². The number of aryl methyl sites for hydroxylation is 2. The molecule has 3 nitrogen and oxygen atoms in total. The van der Waals surface area contributed by atoms with E-state index in [0.717, 1.165) is 16.8 Å². The van der Waals surface area contributed by atoms with Gasteiger partial charge < -0.3 is 5.32 Å². The Balaban J connectivity index is 2.07. The molecule has 1 aliphatic rings. The average Bonchev–Trinajstić information content (AvgIpc) is 2.47. The second kappa shape index (κ2) is 6.23. The minimum Gasteiger partial charge on any atom is -0.307 e. The first kappa shape index (κ1) is 17.6. The van der Waals surface area contributed by atoms with Gasteiger partial charge in [0.25, 0.3) is 0 Å². The van der Waals surface area contributed by atoms with Crippen molar-refractivity contribution in [1.82, 2.24) is 0 Å². The van der Waals surface area contributed by atoms with E-state index in [4.69, 9.17) is 11.6 Å². The molecule has 0 bridgehead atoms.